The maximum absolute atomic E-state index is 12.8. The molecule has 8 nitrogen and oxygen atoms in total. The number of sulfone groups is 1. The second-order valence-electron chi connectivity index (χ2n) is 8.62. The standard InChI is InChI=1S/C25H33F3N4O4S/c1-5-16(2)21(18-8-6-7-9-20(12-18)37(4,35)36)10-11-22-17(3)23(30-15-25(26,27)28)32-24(31-22)29-13-19(34)14-33/h6-7,9-12,19,33-34H,5,8,13-15H2,1-4H3,(H2,29,30,31,32). The molecule has 1 aromatic heterocycles. The van der Waals surface area contributed by atoms with Crippen LogP contribution in [0.3, 0.4) is 0 Å². The third-order valence-corrected chi connectivity index (χ3v) is 6.68. The first-order chi connectivity index (χ1) is 17.2. The SMILES string of the molecule is CCC(C)=C(C=Cc1nc(NCC(O)CO)nc(NCC(F)(F)F)c1C)C1=CC(S(C)(=O)=O)=CC=CC1. The highest BCUT2D eigenvalue weighted by Crippen LogP contribution is 2.28. The quantitative estimate of drug-likeness (QED) is 0.309. The van der Waals surface area contributed by atoms with Gasteiger partial charge in [-0.05, 0) is 56.1 Å². The highest BCUT2D eigenvalue weighted by Gasteiger charge is 2.27. The molecule has 12 heteroatoms. The summed E-state index contributed by atoms with van der Waals surface area (Å²) in [5, 5.41) is 23.7. The van der Waals surface area contributed by atoms with Crippen molar-refractivity contribution >= 4 is 27.7 Å². The minimum atomic E-state index is -4.47. The molecular formula is C25H33F3N4O4S. The van der Waals surface area contributed by atoms with Crippen LogP contribution in [0.5, 0.6) is 0 Å². The van der Waals surface area contributed by atoms with Crippen LogP contribution in [-0.4, -0.2) is 66.8 Å². The molecule has 1 aliphatic rings. The molecule has 0 saturated heterocycles. The zero-order valence-electron chi connectivity index (χ0n) is 21.2. The molecule has 0 spiro atoms. The number of alkyl halides is 3. The van der Waals surface area contributed by atoms with Gasteiger partial charge in [0.25, 0.3) is 0 Å². The summed E-state index contributed by atoms with van der Waals surface area (Å²) in [5.74, 6) is -0.0660. The van der Waals surface area contributed by atoms with Gasteiger partial charge in [-0.25, -0.2) is 13.4 Å². The zero-order valence-corrected chi connectivity index (χ0v) is 22.0. The van der Waals surface area contributed by atoms with Gasteiger partial charge in [0, 0.05) is 18.4 Å². The van der Waals surface area contributed by atoms with Crippen molar-refractivity contribution in [3.8, 4) is 0 Å². The van der Waals surface area contributed by atoms with Crippen LogP contribution in [-0.2, 0) is 9.84 Å². The van der Waals surface area contributed by atoms with Gasteiger partial charge in [-0.1, -0.05) is 30.7 Å². The Morgan fingerprint density at radius 2 is 1.97 bits per heavy atom. The van der Waals surface area contributed by atoms with E-state index in [0.717, 1.165) is 23.0 Å². The summed E-state index contributed by atoms with van der Waals surface area (Å²) in [6.07, 6.45) is 6.84. The van der Waals surface area contributed by atoms with Gasteiger partial charge in [0.05, 0.1) is 23.3 Å². The average molecular weight is 543 g/mol. The average Bonchev–Trinajstić information content (AvgIpc) is 3.09. The molecule has 1 unspecified atom stereocenters. The molecule has 1 aliphatic carbocycles. The lowest BCUT2D eigenvalue weighted by Gasteiger charge is -2.16. The summed E-state index contributed by atoms with van der Waals surface area (Å²) in [5.41, 5.74) is 3.24. The first-order valence-corrected chi connectivity index (χ1v) is 13.5. The Morgan fingerprint density at radius 1 is 1.27 bits per heavy atom. The molecule has 37 heavy (non-hydrogen) atoms. The normalized spacial score (nSPS) is 16.1. The van der Waals surface area contributed by atoms with Crippen LogP contribution in [0.2, 0.25) is 0 Å². The summed E-state index contributed by atoms with van der Waals surface area (Å²) in [6, 6.07) is 0. The predicted octanol–water partition coefficient (Wildman–Crippen LogP) is 4.08. The van der Waals surface area contributed by atoms with E-state index in [1.165, 1.54) is 6.08 Å². The molecule has 2 rings (SSSR count). The summed E-state index contributed by atoms with van der Waals surface area (Å²) in [6.45, 7) is 3.55. The number of allylic oxidation sites excluding steroid dienone is 8. The first-order valence-electron chi connectivity index (χ1n) is 11.6. The van der Waals surface area contributed by atoms with Gasteiger partial charge >= 0.3 is 6.18 Å². The Morgan fingerprint density at radius 3 is 2.57 bits per heavy atom. The van der Waals surface area contributed by atoms with E-state index in [9.17, 15) is 26.7 Å². The number of aromatic nitrogens is 2. The van der Waals surface area contributed by atoms with Crippen molar-refractivity contribution in [2.75, 3.05) is 36.6 Å². The lowest BCUT2D eigenvalue weighted by Crippen LogP contribution is -2.25. The summed E-state index contributed by atoms with van der Waals surface area (Å²) in [4.78, 5) is 8.64. The molecule has 0 amide bonds. The van der Waals surface area contributed by atoms with E-state index in [2.05, 4.69) is 20.6 Å². The molecule has 0 bridgehead atoms. The smallest absolute Gasteiger partial charge is 0.394 e. The van der Waals surface area contributed by atoms with Crippen molar-refractivity contribution < 1.29 is 31.8 Å². The third kappa shape index (κ3) is 9.45. The first kappa shape index (κ1) is 30.3. The zero-order chi connectivity index (χ0) is 27.8. The van der Waals surface area contributed by atoms with Gasteiger partial charge < -0.3 is 20.8 Å². The van der Waals surface area contributed by atoms with Crippen LogP contribution in [0.25, 0.3) is 6.08 Å². The van der Waals surface area contributed by atoms with Crippen LogP contribution in [0.15, 0.2) is 52.0 Å². The fourth-order valence-electron chi connectivity index (χ4n) is 3.34. The van der Waals surface area contributed by atoms with Gasteiger partial charge in [0.2, 0.25) is 5.95 Å². The number of hydrogen-bond donors (Lipinski definition) is 4. The molecule has 0 radical (unpaired) electrons. The van der Waals surface area contributed by atoms with E-state index in [-0.39, 0.29) is 23.2 Å². The Labute approximate surface area is 215 Å². The van der Waals surface area contributed by atoms with Crippen molar-refractivity contribution in [2.45, 2.75) is 45.9 Å². The number of halogens is 3. The molecule has 0 fully saturated rings. The van der Waals surface area contributed by atoms with E-state index in [4.69, 9.17) is 5.11 Å². The lowest BCUT2D eigenvalue weighted by atomic mass is 9.95. The van der Waals surface area contributed by atoms with Crippen molar-refractivity contribution in [2.24, 2.45) is 0 Å². The summed E-state index contributed by atoms with van der Waals surface area (Å²) in [7, 11) is -3.45. The van der Waals surface area contributed by atoms with E-state index in [1.807, 2.05) is 19.9 Å². The van der Waals surface area contributed by atoms with Crippen LogP contribution in [0, 0.1) is 6.92 Å². The van der Waals surface area contributed by atoms with Crippen LogP contribution in [0.4, 0.5) is 24.9 Å². The maximum atomic E-state index is 12.8. The molecule has 1 aromatic rings. The van der Waals surface area contributed by atoms with Crippen molar-refractivity contribution in [3.05, 3.63) is 63.3 Å². The molecule has 4 N–H and O–H groups in total. The van der Waals surface area contributed by atoms with Crippen LogP contribution >= 0.6 is 0 Å². The number of anilines is 2. The number of aliphatic hydroxyl groups is 2. The van der Waals surface area contributed by atoms with Gasteiger partial charge in [0.1, 0.15) is 12.4 Å². The Balaban J connectivity index is 2.54. The van der Waals surface area contributed by atoms with Crippen molar-refractivity contribution in [3.63, 3.8) is 0 Å². The molecule has 1 atom stereocenters. The van der Waals surface area contributed by atoms with Gasteiger partial charge in [-0.2, -0.15) is 18.2 Å². The van der Waals surface area contributed by atoms with Crippen LogP contribution < -0.4 is 10.6 Å². The maximum Gasteiger partial charge on any atom is 0.405 e. The fraction of sp³-hybridized carbons (Fsp3) is 0.440. The number of aliphatic hydroxyl groups excluding tert-OH is 2. The minimum Gasteiger partial charge on any atom is -0.394 e. The molecule has 0 aliphatic heterocycles. The number of nitrogens with zero attached hydrogens (tertiary/aromatic N) is 2. The Bertz CT molecular complexity index is 1230. The fourth-order valence-corrected chi connectivity index (χ4v) is 4.02. The highest BCUT2D eigenvalue weighted by atomic mass is 32.2. The Hall–Kier alpha value is -2.96. The third-order valence-electron chi connectivity index (χ3n) is 5.57. The van der Waals surface area contributed by atoms with E-state index in [0.29, 0.717) is 24.1 Å². The lowest BCUT2D eigenvalue weighted by molar-refractivity contribution is -0.115. The summed E-state index contributed by atoms with van der Waals surface area (Å²) < 4.78 is 62.9. The van der Waals surface area contributed by atoms with E-state index >= 15 is 0 Å². The number of rotatable bonds is 11. The second kappa shape index (κ2) is 13.0. The van der Waals surface area contributed by atoms with Crippen molar-refractivity contribution in [1.82, 2.24) is 9.97 Å². The minimum absolute atomic E-state index is 0.0286. The molecular weight excluding hydrogens is 509 g/mol. The largest absolute Gasteiger partial charge is 0.405 e. The highest BCUT2D eigenvalue weighted by molar-refractivity contribution is 7.94. The monoisotopic (exact) mass is 542 g/mol. The Kier molecular flexibility index (Phi) is 10.6. The molecule has 1 heterocycles. The number of hydrogen-bond acceptors (Lipinski definition) is 8. The van der Waals surface area contributed by atoms with E-state index in [1.54, 1.807) is 31.2 Å². The van der Waals surface area contributed by atoms with Gasteiger partial charge in [0.15, 0.2) is 9.84 Å². The summed E-state index contributed by atoms with van der Waals surface area (Å²) >= 11 is 0. The molecule has 0 saturated carbocycles. The molecule has 204 valence electrons. The van der Waals surface area contributed by atoms with Gasteiger partial charge in [-0.15, -0.1) is 0 Å². The topological polar surface area (TPSA) is 124 Å². The number of nitrogens with one attached hydrogen (secondary N) is 2. The van der Waals surface area contributed by atoms with E-state index < -0.39 is 35.3 Å². The second-order valence-corrected chi connectivity index (χ2v) is 10.6. The molecule has 0 aromatic carbocycles. The van der Waals surface area contributed by atoms with Gasteiger partial charge in [-0.3, -0.25) is 0 Å². The predicted molar refractivity (Wildman–Crippen MR) is 140 cm³/mol. The van der Waals surface area contributed by atoms with Crippen LogP contribution in [0.1, 0.15) is 37.9 Å². The van der Waals surface area contributed by atoms with Crippen molar-refractivity contribution in [1.29, 1.82) is 0 Å².